The van der Waals surface area contributed by atoms with Crippen LogP contribution < -0.4 is 20.1 Å². The standard InChI is InChI=1S/C25H28N4O2.HI/c1-19-7-2-3-8-20(19)18-28-25(27-14-12-21-9-4-5-13-26-21)29-22-10-11-23-24(17-22)31-16-6-15-30-23;/h2-5,7-11,13,17H,6,12,14-16,18H2,1H3,(H2,27,28,29);1H. The van der Waals surface area contributed by atoms with Crippen molar-refractivity contribution in [3.63, 3.8) is 0 Å². The van der Waals surface area contributed by atoms with Crippen LogP contribution in [0.3, 0.4) is 0 Å². The molecule has 0 saturated heterocycles. The Bertz CT molecular complexity index is 1030. The molecule has 0 bridgehead atoms. The Morgan fingerprint density at radius 2 is 1.81 bits per heavy atom. The highest BCUT2D eigenvalue weighted by atomic mass is 127. The normalized spacial score (nSPS) is 13.0. The van der Waals surface area contributed by atoms with E-state index in [0.717, 1.165) is 42.3 Å². The molecule has 1 aliphatic heterocycles. The lowest BCUT2D eigenvalue weighted by Crippen LogP contribution is -2.32. The predicted octanol–water partition coefficient (Wildman–Crippen LogP) is 4.97. The summed E-state index contributed by atoms with van der Waals surface area (Å²) in [6.45, 7) is 4.76. The summed E-state index contributed by atoms with van der Waals surface area (Å²) >= 11 is 0. The molecule has 2 heterocycles. The first-order valence-corrected chi connectivity index (χ1v) is 10.7. The fourth-order valence-corrected chi connectivity index (χ4v) is 3.32. The maximum atomic E-state index is 5.82. The summed E-state index contributed by atoms with van der Waals surface area (Å²) in [5.41, 5.74) is 4.38. The molecule has 2 N–H and O–H groups in total. The monoisotopic (exact) mass is 544 g/mol. The van der Waals surface area contributed by atoms with Crippen molar-refractivity contribution in [2.45, 2.75) is 26.3 Å². The Morgan fingerprint density at radius 1 is 1.00 bits per heavy atom. The minimum Gasteiger partial charge on any atom is -0.490 e. The molecule has 7 heteroatoms. The van der Waals surface area contributed by atoms with Gasteiger partial charge in [0.1, 0.15) is 0 Å². The highest BCUT2D eigenvalue weighted by Crippen LogP contribution is 2.32. The largest absolute Gasteiger partial charge is 0.490 e. The molecule has 0 saturated carbocycles. The molecule has 0 atom stereocenters. The second-order valence-corrected chi connectivity index (χ2v) is 7.43. The molecule has 0 unspecified atom stereocenters. The number of benzene rings is 2. The molecule has 0 spiro atoms. The average Bonchev–Trinajstić information content (AvgIpc) is 3.04. The fourth-order valence-electron chi connectivity index (χ4n) is 3.32. The highest BCUT2D eigenvalue weighted by Gasteiger charge is 2.11. The summed E-state index contributed by atoms with van der Waals surface area (Å²) in [6.07, 6.45) is 3.52. The van der Waals surface area contributed by atoms with Crippen molar-refractivity contribution in [1.82, 2.24) is 10.3 Å². The van der Waals surface area contributed by atoms with Crippen LogP contribution in [0.15, 0.2) is 71.9 Å². The molecule has 4 rings (SSSR count). The van der Waals surface area contributed by atoms with E-state index in [9.17, 15) is 0 Å². The van der Waals surface area contributed by atoms with Crippen LogP contribution in [0.4, 0.5) is 5.69 Å². The zero-order chi connectivity index (χ0) is 21.3. The first kappa shape index (κ1) is 23.8. The number of halogens is 1. The third-order valence-corrected chi connectivity index (χ3v) is 5.08. The van der Waals surface area contributed by atoms with Crippen molar-refractivity contribution in [3.05, 3.63) is 83.7 Å². The van der Waals surface area contributed by atoms with E-state index in [2.05, 4.69) is 34.7 Å². The lowest BCUT2D eigenvalue weighted by molar-refractivity contribution is 0.297. The number of fused-ring (bicyclic) bond motifs is 1. The van der Waals surface area contributed by atoms with E-state index >= 15 is 0 Å². The second kappa shape index (κ2) is 12.3. The number of anilines is 1. The van der Waals surface area contributed by atoms with Crippen LogP contribution in [0.5, 0.6) is 11.5 Å². The van der Waals surface area contributed by atoms with E-state index in [1.165, 1.54) is 11.1 Å². The predicted molar refractivity (Wildman–Crippen MR) is 139 cm³/mol. The molecule has 32 heavy (non-hydrogen) atoms. The van der Waals surface area contributed by atoms with Gasteiger partial charge in [0.25, 0.3) is 0 Å². The fraction of sp³-hybridized carbons (Fsp3) is 0.280. The third-order valence-electron chi connectivity index (χ3n) is 5.08. The molecule has 0 amide bonds. The summed E-state index contributed by atoms with van der Waals surface area (Å²) in [5, 5.41) is 6.83. The molecule has 1 aromatic heterocycles. The lowest BCUT2D eigenvalue weighted by atomic mass is 10.1. The van der Waals surface area contributed by atoms with Gasteiger partial charge in [-0.05, 0) is 42.3 Å². The van der Waals surface area contributed by atoms with E-state index < -0.39 is 0 Å². The molecule has 0 aliphatic carbocycles. The summed E-state index contributed by atoms with van der Waals surface area (Å²) in [4.78, 5) is 9.20. The second-order valence-electron chi connectivity index (χ2n) is 7.43. The minimum atomic E-state index is 0. The van der Waals surface area contributed by atoms with Gasteiger partial charge in [-0.2, -0.15) is 0 Å². The van der Waals surface area contributed by atoms with Crippen LogP contribution in [-0.4, -0.2) is 30.7 Å². The van der Waals surface area contributed by atoms with Gasteiger partial charge in [-0.15, -0.1) is 24.0 Å². The number of hydrogen-bond acceptors (Lipinski definition) is 4. The molecule has 3 aromatic rings. The molecular weight excluding hydrogens is 515 g/mol. The molecular formula is C25H29IN4O2. The number of aromatic nitrogens is 1. The summed E-state index contributed by atoms with van der Waals surface area (Å²) < 4.78 is 11.6. The minimum absolute atomic E-state index is 0. The van der Waals surface area contributed by atoms with E-state index in [0.29, 0.717) is 25.7 Å². The van der Waals surface area contributed by atoms with Gasteiger partial charge in [0, 0.05) is 43.0 Å². The van der Waals surface area contributed by atoms with Crippen LogP contribution >= 0.6 is 24.0 Å². The quantitative estimate of drug-likeness (QED) is 0.261. The van der Waals surface area contributed by atoms with Crippen molar-refractivity contribution < 1.29 is 9.47 Å². The van der Waals surface area contributed by atoms with Gasteiger partial charge >= 0.3 is 0 Å². The van der Waals surface area contributed by atoms with Crippen molar-refractivity contribution >= 4 is 35.6 Å². The topological polar surface area (TPSA) is 67.8 Å². The van der Waals surface area contributed by atoms with Crippen LogP contribution in [0.1, 0.15) is 23.2 Å². The molecule has 6 nitrogen and oxygen atoms in total. The Balaban J connectivity index is 0.00000289. The van der Waals surface area contributed by atoms with Crippen molar-refractivity contribution in [2.24, 2.45) is 4.99 Å². The van der Waals surface area contributed by atoms with Gasteiger partial charge in [0.05, 0.1) is 19.8 Å². The molecule has 2 aromatic carbocycles. The van der Waals surface area contributed by atoms with Crippen LogP contribution in [-0.2, 0) is 13.0 Å². The number of ether oxygens (including phenoxy) is 2. The van der Waals surface area contributed by atoms with Crippen molar-refractivity contribution in [1.29, 1.82) is 0 Å². The number of nitrogens with zero attached hydrogens (tertiary/aromatic N) is 2. The van der Waals surface area contributed by atoms with E-state index in [1.54, 1.807) is 0 Å². The summed E-state index contributed by atoms with van der Waals surface area (Å²) in [5.74, 6) is 2.26. The first-order chi connectivity index (χ1) is 15.3. The maximum absolute atomic E-state index is 5.82. The van der Waals surface area contributed by atoms with Gasteiger partial charge in [0.15, 0.2) is 17.5 Å². The first-order valence-electron chi connectivity index (χ1n) is 10.7. The lowest BCUT2D eigenvalue weighted by Gasteiger charge is -2.15. The SMILES string of the molecule is Cc1ccccc1CN=C(NCCc1ccccn1)Nc1ccc2c(c1)OCCCO2.I. The van der Waals surface area contributed by atoms with E-state index in [4.69, 9.17) is 14.5 Å². The summed E-state index contributed by atoms with van der Waals surface area (Å²) in [6, 6.07) is 20.2. The zero-order valence-corrected chi connectivity index (χ0v) is 20.5. The van der Waals surface area contributed by atoms with Crippen LogP contribution in [0, 0.1) is 6.92 Å². The van der Waals surface area contributed by atoms with Crippen LogP contribution in [0.2, 0.25) is 0 Å². The Hall–Kier alpha value is -2.81. The maximum Gasteiger partial charge on any atom is 0.196 e. The Kier molecular flexibility index (Phi) is 9.15. The smallest absolute Gasteiger partial charge is 0.196 e. The number of rotatable bonds is 6. The molecule has 0 fully saturated rings. The Labute approximate surface area is 206 Å². The summed E-state index contributed by atoms with van der Waals surface area (Å²) in [7, 11) is 0. The van der Waals surface area contributed by atoms with E-state index in [-0.39, 0.29) is 24.0 Å². The third kappa shape index (κ3) is 6.85. The highest BCUT2D eigenvalue weighted by molar-refractivity contribution is 14.0. The number of aliphatic imine (C=N–C) groups is 1. The molecule has 1 aliphatic rings. The van der Waals surface area contributed by atoms with E-state index in [1.807, 2.05) is 54.7 Å². The van der Waals surface area contributed by atoms with Gasteiger partial charge < -0.3 is 20.1 Å². The number of hydrogen-bond donors (Lipinski definition) is 2. The number of nitrogens with one attached hydrogen (secondary N) is 2. The van der Waals surface area contributed by atoms with Crippen LogP contribution in [0.25, 0.3) is 0 Å². The van der Waals surface area contributed by atoms with Crippen molar-refractivity contribution in [2.75, 3.05) is 25.1 Å². The van der Waals surface area contributed by atoms with Gasteiger partial charge in [-0.25, -0.2) is 4.99 Å². The average molecular weight is 544 g/mol. The number of pyridine rings is 1. The van der Waals surface area contributed by atoms with Gasteiger partial charge in [-0.1, -0.05) is 30.3 Å². The number of aryl methyl sites for hydroxylation is 1. The molecule has 0 radical (unpaired) electrons. The molecule has 168 valence electrons. The van der Waals surface area contributed by atoms with Crippen molar-refractivity contribution in [3.8, 4) is 11.5 Å². The van der Waals surface area contributed by atoms with Gasteiger partial charge in [-0.3, -0.25) is 4.98 Å². The number of guanidine groups is 1. The Morgan fingerprint density at radius 3 is 2.62 bits per heavy atom. The zero-order valence-electron chi connectivity index (χ0n) is 18.2. The van der Waals surface area contributed by atoms with Gasteiger partial charge in [0.2, 0.25) is 0 Å².